The molecule has 1 amide bonds. The van der Waals surface area contributed by atoms with Crippen LogP contribution in [0.4, 0.5) is 4.39 Å². The molecule has 4 nitrogen and oxygen atoms in total. The zero-order chi connectivity index (χ0) is 18.1. The second kappa shape index (κ2) is 6.59. The van der Waals surface area contributed by atoms with Gasteiger partial charge in [0.25, 0.3) is 5.91 Å². The quantitative estimate of drug-likeness (QED) is 0.738. The highest BCUT2D eigenvalue weighted by molar-refractivity contribution is 6.00. The number of methoxy groups -OCH3 is 1. The third-order valence-corrected chi connectivity index (χ3v) is 4.63. The number of rotatable bonds is 4. The van der Waals surface area contributed by atoms with E-state index in [1.54, 1.807) is 12.1 Å². The van der Waals surface area contributed by atoms with E-state index >= 15 is 0 Å². The molecule has 2 aromatic carbocycles. The number of ether oxygens (including phenoxy) is 1. The molecule has 1 aromatic heterocycles. The van der Waals surface area contributed by atoms with Crippen LogP contribution in [0, 0.1) is 19.7 Å². The summed E-state index contributed by atoms with van der Waals surface area (Å²) in [7, 11) is 1.52. The van der Waals surface area contributed by atoms with Crippen LogP contribution >= 0.6 is 0 Å². The average molecular weight is 340 g/mol. The van der Waals surface area contributed by atoms with Crippen molar-refractivity contribution >= 4 is 16.8 Å². The standard InChI is InChI=1S/C20H21FN2O2/c1-11-6-5-7-14(12(11)2)13(3)22-20(24)17-10-15-18(25-4)9-8-16(21)19(15)23-17/h5-10,13,23H,1-4H3,(H,22,24). The number of amides is 1. The van der Waals surface area contributed by atoms with Gasteiger partial charge >= 0.3 is 0 Å². The molecule has 0 bridgehead atoms. The lowest BCUT2D eigenvalue weighted by Crippen LogP contribution is -2.27. The van der Waals surface area contributed by atoms with Crippen molar-refractivity contribution < 1.29 is 13.9 Å². The molecule has 1 atom stereocenters. The number of carbonyl (C=O) groups is 1. The Balaban J connectivity index is 1.90. The van der Waals surface area contributed by atoms with Crippen molar-refractivity contribution in [1.82, 2.24) is 10.3 Å². The van der Waals surface area contributed by atoms with Crippen LogP contribution in [-0.4, -0.2) is 18.0 Å². The van der Waals surface area contributed by atoms with E-state index in [-0.39, 0.29) is 17.5 Å². The predicted molar refractivity (Wildman–Crippen MR) is 96.6 cm³/mol. The topological polar surface area (TPSA) is 54.1 Å². The first kappa shape index (κ1) is 17.0. The number of aromatic nitrogens is 1. The van der Waals surface area contributed by atoms with E-state index in [9.17, 15) is 9.18 Å². The number of aryl methyl sites for hydroxylation is 1. The molecule has 0 radical (unpaired) electrons. The lowest BCUT2D eigenvalue weighted by Gasteiger charge is -2.17. The summed E-state index contributed by atoms with van der Waals surface area (Å²) in [5.41, 5.74) is 3.96. The summed E-state index contributed by atoms with van der Waals surface area (Å²) in [5.74, 6) is -0.183. The van der Waals surface area contributed by atoms with E-state index in [0.29, 0.717) is 16.8 Å². The van der Waals surface area contributed by atoms with Crippen LogP contribution in [-0.2, 0) is 0 Å². The molecular weight excluding hydrogens is 319 g/mol. The number of benzene rings is 2. The lowest BCUT2D eigenvalue weighted by atomic mass is 9.98. The van der Waals surface area contributed by atoms with Crippen molar-refractivity contribution in [2.75, 3.05) is 7.11 Å². The van der Waals surface area contributed by atoms with Gasteiger partial charge < -0.3 is 15.0 Å². The number of hydrogen-bond donors (Lipinski definition) is 2. The summed E-state index contributed by atoms with van der Waals surface area (Å²) in [4.78, 5) is 15.5. The van der Waals surface area contributed by atoms with Crippen LogP contribution in [0.3, 0.4) is 0 Å². The molecule has 0 aliphatic rings. The second-order valence-electron chi connectivity index (χ2n) is 6.21. The van der Waals surface area contributed by atoms with Crippen LogP contribution in [0.2, 0.25) is 0 Å². The Labute approximate surface area is 146 Å². The Morgan fingerprint density at radius 3 is 2.72 bits per heavy atom. The molecule has 0 spiro atoms. The minimum absolute atomic E-state index is 0.162. The van der Waals surface area contributed by atoms with Crippen LogP contribution in [0.1, 0.15) is 40.1 Å². The molecule has 0 saturated carbocycles. The second-order valence-corrected chi connectivity index (χ2v) is 6.21. The molecule has 0 fully saturated rings. The molecule has 1 unspecified atom stereocenters. The molecule has 0 saturated heterocycles. The van der Waals surface area contributed by atoms with Crippen molar-refractivity contribution in [2.24, 2.45) is 0 Å². The van der Waals surface area contributed by atoms with Gasteiger partial charge in [0, 0.05) is 5.39 Å². The largest absolute Gasteiger partial charge is 0.496 e. The Morgan fingerprint density at radius 2 is 2.00 bits per heavy atom. The van der Waals surface area contributed by atoms with Gasteiger partial charge in [-0.1, -0.05) is 18.2 Å². The Hall–Kier alpha value is -2.82. The lowest BCUT2D eigenvalue weighted by molar-refractivity contribution is 0.0935. The first-order chi connectivity index (χ1) is 11.9. The van der Waals surface area contributed by atoms with Gasteiger partial charge in [0.05, 0.1) is 18.7 Å². The van der Waals surface area contributed by atoms with Crippen LogP contribution in [0.5, 0.6) is 5.75 Å². The zero-order valence-corrected chi connectivity index (χ0v) is 14.7. The Kier molecular flexibility index (Phi) is 4.49. The molecular formula is C20H21FN2O2. The number of nitrogens with one attached hydrogen (secondary N) is 2. The Bertz CT molecular complexity index is 946. The zero-order valence-electron chi connectivity index (χ0n) is 14.7. The first-order valence-corrected chi connectivity index (χ1v) is 8.14. The van der Waals surface area contributed by atoms with Gasteiger partial charge in [-0.2, -0.15) is 0 Å². The summed E-state index contributed by atoms with van der Waals surface area (Å²) in [6, 6.07) is 10.3. The predicted octanol–water partition coefficient (Wildman–Crippen LogP) is 4.42. The average Bonchev–Trinajstić information content (AvgIpc) is 3.04. The molecule has 5 heteroatoms. The minimum atomic E-state index is -0.419. The van der Waals surface area contributed by atoms with Crippen molar-refractivity contribution in [1.29, 1.82) is 0 Å². The van der Waals surface area contributed by atoms with Crippen LogP contribution < -0.4 is 10.1 Å². The first-order valence-electron chi connectivity index (χ1n) is 8.14. The van der Waals surface area contributed by atoms with E-state index in [4.69, 9.17) is 4.74 Å². The smallest absolute Gasteiger partial charge is 0.268 e. The molecule has 25 heavy (non-hydrogen) atoms. The molecule has 3 rings (SSSR count). The van der Waals surface area contributed by atoms with Crippen molar-refractivity contribution in [3.8, 4) is 5.75 Å². The summed E-state index contributed by atoms with van der Waals surface area (Å²) in [6.45, 7) is 6.01. The van der Waals surface area contributed by atoms with Gasteiger partial charge in [0.2, 0.25) is 0 Å². The molecule has 0 aliphatic heterocycles. The highest BCUT2D eigenvalue weighted by Gasteiger charge is 2.18. The maximum Gasteiger partial charge on any atom is 0.268 e. The summed E-state index contributed by atoms with van der Waals surface area (Å²) < 4.78 is 19.2. The molecule has 1 heterocycles. The third-order valence-electron chi connectivity index (χ3n) is 4.63. The fraction of sp³-hybridized carbons (Fsp3) is 0.250. The van der Waals surface area contributed by atoms with Crippen molar-refractivity contribution in [3.05, 3.63) is 64.6 Å². The van der Waals surface area contributed by atoms with Gasteiger partial charge in [-0.05, 0) is 55.7 Å². The molecule has 0 aliphatic carbocycles. The summed E-state index contributed by atoms with van der Waals surface area (Å²) >= 11 is 0. The number of fused-ring (bicyclic) bond motifs is 1. The van der Waals surface area contributed by atoms with Crippen LogP contribution in [0.25, 0.3) is 10.9 Å². The summed E-state index contributed by atoms with van der Waals surface area (Å²) in [6.07, 6.45) is 0. The highest BCUT2D eigenvalue weighted by atomic mass is 19.1. The van der Waals surface area contributed by atoms with E-state index < -0.39 is 5.82 Å². The van der Waals surface area contributed by atoms with E-state index in [1.165, 1.54) is 18.7 Å². The third kappa shape index (κ3) is 3.09. The fourth-order valence-electron chi connectivity index (χ4n) is 3.05. The monoisotopic (exact) mass is 340 g/mol. The maximum atomic E-state index is 14.0. The van der Waals surface area contributed by atoms with Crippen molar-refractivity contribution in [3.63, 3.8) is 0 Å². The normalized spacial score (nSPS) is 12.2. The number of H-pyrrole nitrogens is 1. The van der Waals surface area contributed by atoms with Gasteiger partial charge in [0.15, 0.2) is 0 Å². The SMILES string of the molecule is COc1ccc(F)c2[nH]c(C(=O)NC(C)c3cccc(C)c3C)cc12. The molecule has 2 N–H and O–H groups in total. The molecule has 3 aromatic rings. The fourth-order valence-corrected chi connectivity index (χ4v) is 3.05. The van der Waals surface area contributed by atoms with Crippen molar-refractivity contribution in [2.45, 2.75) is 26.8 Å². The Morgan fingerprint density at radius 1 is 1.24 bits per heavy atom. The maximum absolute atomic E-state index is 14.0. The van der Waals surface area contributed by atoms with E-state index in [1.807, 2.05) is 39.0 Å². The number of carbonyl (C=O) groups excluding carboxylic acids is 1. The number of hydrogen-bond acceptors (Lipinski definition) is 2. The van der Waals surface area contributed by atoms with Gasteiger partial charge in [-0.3, -0.25) is 4.79 Å². The van der Waals surface area contributed by atoms with E-state index in [0.717, 1.165) is 11.1 Å². The van der Waals surface area contributed by atoms with E-state index in [2.05, 4.69) is 10.3 Å². The molecule has 130 valence electrons. The number of halogens is 1. The van der Waals surface area contributed by atoms with Gasteiger partial charge in [-0.25, -0.2) is 4.39 Å². The highest BCUT2D eigenvalue weighted by Crippen LogP contribution is 2.28. The van der Waals surface area contributed by atoms with Gasteiger partial charge in [0.1, 0.15) is 17.3 Å². The minimum Gasteiger partial charge on any atom is -0.496 e. The summed E-state index contributed by atoms with van der Waals surface area (Å²) in [5, 5.41) is 3.51. The van der Waals surface area contributed by atoms with Gasteiger partial charge in [-0.15, -0.1) is 0 Å². The van der Waals surface area contributed by atoms with Crippen LogP contribution in [0.15, 0.2) is 36.4 Å². The number of aromatic amines is 1.